The Morgan fingerprint density at radius 1 is 1.21 bits per heavy atom. The van der Waals surface area contributed by atoms with Gasteiger partial charge in [0.05, 0.1) is 23.1 Å². The Bertz CT molecular complexity index is 1110. The summed E-state index contributed by atoms with van der Waals surface area (Å²) < 4.78 is 2.10. The minimum Gasteiger partial charge on any atom is -0.366 e. The second-order valence-electron chi connectivity index (χ2n) is 8.38. The molecule has 1 aliphatic carbocycles. The summed E-state index contributed by atoms with van der Waals surface area (Å²) in [5.41, 5.74) is 10.9. The molecule has 3 N–H and O–H groups in total. The fraction of sp³-hybridized carbons (Fsp3) is 0.261. The van der Waals surface area contributed by atoms with Crippen LogP contribution in [0.3, 0.4) is 0 Å². The van der Waals surface area contributed by atoms with Crippen LogP contribution >= 0.6 is 0 Å². The molecule has 29 heavy (non-hydrogen) atoms. The van der Waals surface area contributed by atoms with Gasteiger partial charge in [-0.15, -0.1) is 0 Å². The van der Waals surface area contributed by atoms with Crippen LogP contribution in [0.25, 0.3) is 5.69 Å². The molecule has 148 valence electrons. The van der Waals surface area contributed by atoms with E-state index in [-0.39, 0.29) is 11.2 Å². The number of carbonyl (C=O) groups excluding carboxylic acids is 2. The molecule has 1 amide bonds. The normalized spacial score (nSPS) is 15.1. The number of pyridine rings is 1. The summed E-state index contributed by atoms with van der Waals surface area (Å²) in [5.74, 6) is -0.328. The molecule has 4 rings (SSSR count). The number of aryl methyl sites for hydroxylation is 1. The van der Waals surface area contributed by atoms with Crippen molar-refractivity contribution in [3.8, 4) is 5.69 Å². The summed E-state index contributed by atoms with van der Waals surface area (Å²) in [5, 5.41) is 3.24. The number of nitrogens with two attached hydrogens (primary N) is 1. The lowest BCUT2D eigenvalue weighted by Gasteiger charge is -2.30. The summed E-state index contributed by atoms with van der Waals surface area (Å²) in [4.78, 5) is 28.7. The zero-order valence-electron chi connectivity index (χ0n) is 16.8. The molecule has 0 aliphatic heterocycles. The topological polar surface area (TPSA) is 90.0 Å². The summed E-state index contributed by atoms with van der Waals surface area (Å²) in [7, 11) is 0. The number of Topliss-reactive ketones (excluding diaryl/α,β-unsaturated/α-hetero) is 1. The van der Waals surface area contributed by atoms with E-state index in [4.69, 9.17) is 5.73 Å². The Hall–Kier alpha value is -3.41. The van der Waals surface area contributed by atoms with Gasteiger partial charge in [-0.1, -0.05) is 13.8 Å². The van der Waals surface area contributed by atoms with E-state index in [2.05, 4.69) is 28.7 Å². The molecule has 0 spiro atoms. The number of primary amides is 1. The molecule has 0 atom stereocenters. The first-order valence-electron chi connectivity index (χ1n) is 9.61. The number of ketones is 1. The van der Waals surface area contributed by atoms with Crippen molar-refractivity contribution in [2.75, 3.05) is 5.32 Å². The number of fused-ring (bicyclic) bond motifs is 1. The predicted molar refractivity (Wildman–Crippen MR) is 113 cm³/mol. The molecule has 0 saturated heterocycles. The number of aromatic nitrogens is 2. The number of carbonyl (C=O) groups is 2. The Kier molecular flexibility index (Phi) is 4.49. The van der Waals surface area contributed by atoms with Gasteiger partial charge in [0.1, 0.15) is 0 Å². The maximum Gasteiger partial charge on any atom is 0.250 e. The van der Waals surface area contributed by atoms with Crippen LogP contribution in [0.1, 0.15) is 52.4 Å². The standard InChI is InChI=1S/C23H24N4O2/c1-14-9-18-20(11-23(2,3)12-21(18)28)27(14)16-6-7-17(22(24)29)19(10-16)26-15-5-4-8-25-13-15/h4-10,13,26H,11-12H2,1-3H3,(H2,24,29). The number of nitrogens with one attached hydrogen (secondary N) is 1. The molecule has 3 aromatic rings. The van der Waals surface area contributed by atoms with Crippen LogP contribution in [0, 0.1) is 12.3 Å². The van der Waals surface area contributed by atoms with Crippen LogP contribution in [-0.2, 0) is 6.42 Å². The molecule has 0 radical (unpaired) electrons. The first kappa shape index (κ1) is 18.9. The van der Waals surface area contributed by atoms with Gasteiger partial charge in [-0.25, -0.2) is 0 Å². The third-order valence-electron chi connectivity index (χ3n) is 5.34. The summed E-state index contributed by atoms with van der Waals surface area (Å²) in [6.45, 7) is 6.23. The first-order valence-corrected chi connectivity index (χ1v) is 9.61. The van der Waals surface area contributed by atoms with E-state index in [9.17, 15) is 9.59 Å². The zero-order valence-corrected chi connectivity index (χ0v) is 16.8. The number of anilines is 2. The van der Waals surface area contributed by atoms with Crippen molar-refractivity contribution >= 4 is 23.1 Å². The lowest BCUT2D eigenvalue weighted by molar-refractivity contribution is 0.0910. The molecule has 6 nitrogen and oxygen atoms in total. The smallest absolute Gasteiger partial charge is 0.250 e. The Labute approximate surface area is 169 Å². The average molecular weight is 388 g/mol. The minimum atomic E-state index is -0.509. The van der Waals surface area contributed by atoms with Crippen LogP contribution in [0.15, 0.2) is 48.8 Å². The second kappa shape index (κ2) is 6.88. The van der Waals surface area contributed by atoms with E-state index in [0.29, 0.717) is 17.7 Å². The summed E-state index contributed by atoms with van der Waals surface area (Å²) in [6.07, 6.45) is 4.73. The maximum absolute atomic E-state index is 12.7. The quantitative estimate of drug-likeness (QED) is 0.702. The van der Waals surface area contributed by atoms with Gasteiger partial charge in [-0.2, -0.15) is 0 Å². The lowest BCUT2D eigenvalue weighted by atomic mass is 9.76. The number of rotatable bonds is 4. The van der Waals surface area contributed by atoms with Crippen molar-refractivity contribution in [2.45, 2.75) is 33.6 Å². The fourth-order valence-corrected chi connectivity index (χ4v) is 4.09. The SMILES string of the molecule is Cc1cc2c(n1-c1ccc(C(N)=O)c(Nc3cccnc3)c1)CC(C)(C)CC2=O. The van der Waals surface area contributed by atoms with Crippen molar-refractivity contribution in [1.82, 2.24) is 9.55 Å². The van der Waals surface area contributed by atoms with E-state index >= 15 is 0 Å². The van der Waals surface area contributed by atoms with Crippen LogP contribution < -0.4 is 11.1 Å². The van der Waals surface area contributed by atoms with Crippen molar-refractivity contribution in [1.29, 1.82) is 0 Å². The van der Waals surface area contributed by atoms with Gasteiger partial charge < -0.3 is 15.6 Å². The molecular weight excluding hydrogens is 364 g/mol. The summed E-state index contributed by atoms with van der Waals surface area (Å²) >= 11 is 0. The van der Waals surface area contributed by atoms with Gasteiger partial charge in [0.25, 0.3) is 5.91 Å². The predicted octanol–water partition coefficient (Wildman–Crippen LogP) is 4.18. The number of amides is 1. The van der Waals surface area contributed by atoms with Gasteiger partial charge in [0, 0.05) is 35.3 Å². The average Bonchev–Trinajstić information content (AvgIpc) is 2.97. The van der Waals surface area contributed by atoms with Crippen LogP contribution in [-0.4, -0.2) is 21.2 Å². The third-order valence-corrected chi connectivity index (χ3v) is 5.34. The monoisotopic (exact) mass is 388 g/mol. The van der Waals surface area contributed by atoms with E-state index < -0.39 is 5.91 Å². The molecule has 2 heterocycles. The molecule has 1 aliphatic rings. The van der Waals surface area contributed by atoms with Crippen molar-refractivity contribution < 1.29 is 9.59 Å². The van der Waals surface area contributed by atoms with Crippen molar-refractivity contribution in [3.63, 3.8) is 0 Å². The highest BCUT2D eigenvalue weighted by Crippen LogP contribution is 2.38. The highest BCUT2D eigenvalue weighted by atomic mass is 16.1. The number of hydrogen-bond donors (Lipinski definition) is 2. The highest BCUT2D eigenvalue weighted by molar-refractivity contribution is 6.00. The number of benzene rings is 1. The van der Waals surface area contributed by atoms with E-state index in [1.807, 2.05) is 37.3 Å². The zero-order chi connectivity index (χ0) is 20.8. The molecule has 0 unspecified atom stereocenters. The van der Waals surface area contributed by atoms with Gasteiger partial charge in [0.2, 0.25) is 0 Å². The number of hydrogen-bond acceptors (Lipinski definition) is 4. The minimum absolute atomic E-state index is 0.0867. The fourth-order valence-electron chi connectivity index (χ4n) is 4.09. The van der Waals surface area contributed by atoms with Crippen molar-refractivity contribution in [3.05, 3.63) is 71.3 Å². The second-order valence-corrected chi connectivity index (χ2v) is 8.38. The van der Waals surface area contributed by atoms with E-state index in [0.717, 1.165) is 34.7 Å². The van der Waals surface area contributed by atoms with Crippen LogP contribution in [0.2, 0.25) is 0 Å². The Morgan fingerprint density at radius 3 is 2.69 bits per heavy atom. The third kappa shape index (κ3) is 3.53. The van der Waals surface area contributed by atoms with Gasteiger partial charge in [-0.05, 0) is 55.2 Å². The van der Waals surface area contributed by atoms with Gasteiger partial charge >= 0.3 is 0 Å². The lowest BCUT2D eigenvalue weighted by Crippen LogP contribution is -2.27. The van der Waals surface area contributed by atoms with Gasteiger partial charge in [-0.3, -0.25) is 14.6 Å². The Morgan fingerprint density at radius 2 is 2.00 bits per heavy atom. The molecule has 6 heteroatoms. The number of nitrogens with zero attached hydrogens (tertiary/aromatic N) is 2. The van der Waals surface area contributed by atoms with E-state index in [1.54, 1.807) is 18.5 Å². The largest absolute Gasteiger partial charge is 0.366 e. The van der Waals surface area contributed by atoms with E-state index in [1.165, 1.54) is 0 Å². The molecule has 0 saturated carbocycles. The summed E-state index contributed by atoms with van der Waals surface area (Å²) in [6, 6.07) is 11.1. The van der Waals surface area contributed by atoms with Crippen LogP contribution in [0.5, 0.6) is 0 Å². The molecule has 0 bridgehead atoms. The van der Waals surface area contributed by atoms with Gasteiger partial charge in [0.15, 0.2) is 5.78 Å². The molecule has 0 fully saturated rings. The first-order chi connectivity index (χ1) is 13.7. The molecule has 2 aromatic heterocycles. The Balaban J connectivity index is 1.84. The molecular formula is C23H24N4O2. The maximum atomic E-state index is 12.7. The molecule has 1 aromatic carbocycles. The highest BCUT2D eigenvalue weighted by Gasteiger charge is 2.34. The van der Waals surface area contributed by atoms with Crippen LogP contribution in [0.4, 0.5) is 11.4 Å². The van der Waals surface area contributed by atoms with Crippen molar-refractivity contribution in [2.24, 2.45) is 11.1 Å².